The number of para-hydroxylation sites is 1. The van der Waals surface area contributed by atoms with Crippen LogP contribution in [0.5, 0.6) is 0 Å². The van der Waals surface area contributed by atoms with Gasteiger partial charge in [0.25, 0.3) is 5.91 Å². The topological polar surface area (TPSA) is 66.4 Å². The Bertz CT molecular complexity index is 825. The standard InChI is InChI=1S/C18H18N4OS/c1-2-14(13-8-4-3-5-9-13)21-22-17(23)12-19-18-20-15-10-6-7-11-16(15)24-18/h3-11H,2,12H2,1H3,(H,19,20)(H,22,23)/b21-14-. The number of hydrogen-bond donors (Lipinski definition) is 2. The number of nitrogens with one attached hydrogen (secondary N) is 2. The number of hydrogen-bond acceptors (Lipinski definition) is 5. The number of nitrogens with zero attached hydrogens (tertiary/aromatic N) is 2. The highest BCUT2D eigenvalue weighted by atomic mass is 32.1. The summed E-state index contributed by atoms with van der Waals surface area (Å²) in [5.41, 5.74) is 5.40. The van der Waals surface area contributed by atoms with Crippen molar-refractivity contribution in [3.05, 3.63) is 60.2 Å². The molecular weight excluding hydrogens is 320 g/mol. The number of fused-ring (bicyclic) bond motifs is 1. The molecule has 0 radical (unpaired) electrons. The molecule has 24 heavy (non-hydrogen) atoms. The molecule has 0 fully saturated rings. The molecule has 0 unspecified atom stereocenters. The van der Waals surface area contributed by atoms with Crippen molar-refractivity contribution in [1.82, 2.24) is 10.4 Å². The second-order valence-electron chi connectivity index (χ2n) is 5.15. The van der Waals surface area contributed by atoms with Crippen molar-refractivity contribution in [3.8, 4) is 0 Å². The Labute approximate surface area is 144 Å². The molecule has 5 nitrogen and oxygen atoms in total. The van der Waals surface area contributed by atoms with Gasteiger partial charge in [0, 0.05) is 0 Å². The number of aromatic nitrogens is 1. The van der Waals surface area contributed by atoms with Gasteiger partial charge < -0.3 is 5.32 Å². The van der Waals surface area contributed by atoms with E-state index in [1.165, 1.54) is 11.3 Å². The van der Waals surface area contributed by atoms with Crippen LogP contribution in [0.2, 0.25) is 0 Å². The van der Waals surface area contributed by atoms with Crippen LogP contribution >= 0.6 is 11.3 Å². The highest BCUT2D eigenvalue weighted by Gasteiger charge is 2.06. The molecule has 0 aliphatic rings. The number of rotatable bonds is 6. The zero-order chi connectivity index (χ0) is 16.8. The van der Waals surface area contributed by atoms with Gasteiger partial charge in [0.05, 0.1) is 22.5 Å². The maximum atomic E-state index is 12.0. The second kappa shape index (κ2) is 7.70. The average Bonchev–Trinajstić information content (AvgIpc) is 3.04. The Kier molecular flexibility index (Phi) is 5.18. The summed E-state index contributed by atoms with van der Waals surface area (Å²) in [4.78, 5) is 16.4. The van der Waals surface area contributed by atoms with Crippen LogP contribution in [0.15, 0.2) is 59.7 Å². The Morgan fingerprint density at radius 1 is 1.12 bits per heavy atom. The Morgan fingerprint density at radius 2 is 1.88 bits per heavy atom. The van der Waals surface area contributed by atoms with Crippen molar-refractivity contribution in [2.24, 2.45) is 5.10 Å². The molecule has 2 aromatic carbocycles. The summed E-state index contributed by atoms with van der Waals surface area (Å²) in [6, 6.07) is 17.7. The lowest BCUT2D eigenvalue weighted by atomic mass is 10.1. The van der Waals surface area contributed by atoms with E-state index in [1.807, 2.05) is 61.5 Å². The molecule has 1 heterocycles. The van der Waals surface area contributed by atoms with Crippen LogP contribution in [0, 0.1) is 0 Å². The molecule has 0 saturated heterocycles. The third-order valence-corrected chi connectivity index (χ3v) is 4.45. The average molecular weight is 338 g/mol. The molecule has 3 rings (SSSR count). The van der Waals surface area contributed by atoms with Crippen LogP contribution in [0.3, 0.4) is 0 Å². The largest absolute Gasteiger partial charge is 0.352 e. The first-order valence-electron chi connectivity index (χ1n) is 7.76. The van der Waals surface area contributed by atoms with E-state index >= 15 is 0 Å². The number of thiazole rings is 1. The first-order valence-corrected chi connectivity index (χ1v) is 8.58. The zero-order valence-corrected chi connectivity index (χ0v) is 14.1. The van der Waals surface area contributed by atoms with Gasteiger partial charge in [-0.1, -0.05) is 60.7 Å². The van der Waals surface area contributed by atoms with E-state index < -0.39 is 0 Å². The lowest BCUT2D eigenvalue weighted by Crippen LogP contribution is -2.27. The first-order chi connectivity index (χ1) is 11.8. The van der Waals surface area contributed by atoms with E-state index in [4.69, 9.17) is 0 Å². The minimum Gasteiger partial charge on any atom is -0.352 e. The smallest absolute Gasteiger partial charge is 0.259 e. The van der Waals surface area contributed by atoms with Crippen LogP contribution in [-0.4, -0.2) is 23.1 Å². The molecule has 0 spiro atoms. The van der Waals surface area contributed by atoms with Crippen LogP contribution in [0.1, 0.15) is 18.9 Å². The molecule has 1 amide bonds. The fourth-order valence-electron chi connectivity index (χ4n) is 2.25. The van der Waals surface area contributed by atoms with Crippen molar-refractivity contribution in [2.45, 2.75) is 13.3 Å². The van der Waals surface area contributed by atoms with Gasteiger partial charge in [-0.15, -0.1) is 0 Å². The van der Waals surface area contributed by atoms with Crippen molar-refractivity contribution in [3.63, 3.8) is 0 Å². The van der Waals surface area contributed by atoms with Gasteiger partial charge in [-0.2, -0.15) is 5.10 Å². The van der Waals surface area contributed by atoms with E-state index in [-0.39, 0.29) is 12.5 Å². The normalized spacial score (nSPS) is 11.5. The fraction of sp³-hybridized carbons (Fsp3) is 0.167. The van der Waals surface area contributed by atoms with Gasteiger partial charge in [0.2, 0.25) is 0 Å². The van der Waals surface area contributed by atoms with Crippen molar-refractivity contribution < 1.29 is 4.79 Å². The molecular formula is C18H18N4OS. The maximum absolute atomic E-state index is 12.0. The minimum absolute atomic E-state index is 0.134. The van der Waals surface area contributed by atoms with E-state index in [2.05, 4.69) is 20.8 Å². The third kappa shape index (κ3) is 3.97. The quantitative estimate of drug-likeness (QED) is 0.533. The van der Waals surface area contributed by atoms with Crippen LogP contribution < -0.4 is 10.7 Å². The summed E-state index contributed by atoms with van der Waals surface area (Å²) in [5.74, 6) is -0.198. The molecule has 0 bridgehead atoms. The number of anilines is 1. The Morgan fingerprint density at radius 3 is 2.62 bits per heavy atom. The maximum Gasteiger partial charge on any atom is 0.259 e. The third-order valence-electron chi connectivity index (χ3n) is 3.45. The molecule has 0 aliphatic heterocycles. The monoisotopic (exact) mass is 338 g/mol. The summed E-state index contributed by atoms with van der Waals surface area (Å²) >= 11 is 1.53. The number of carbonyl (C=O) groups excluding carboxylic acids is 1. The highest BCUT2D eigenvalue weighted by molar-refractivity contribution is 7.22. The van der Waals surface area contributed by atoms with E-state index in [0.717, 1.165) is 33.0 Å². The number of carbonyl (C=O) groups is 1. The lowest BCUT2D eigenvalue weighted by molar-refractivity contribution is -0.119. The van der Waals surface area contributed by atoms with Gasteiger partial charge in [-0.3, -0.25) is 4.79 Å². The molecule has 2 N–H and O–H groups in total. The van der Waals surface area contributed by atoms with Gasteiger partial charge in [0.15, 0.2) is 5.13 Å². The first kappa shape index (κ1) is 16.1. The Balaban J connectivity index is 1.58. The minimum atomic E-state index is -0.198. The molecule has 6 heteroatoms. The summed E-state index contributed by atoms with van der Waals surface area (Å²) in [7, 11) is 0. The predicted octanol–water partition coefficient (Wildman–Crippen LogP) is 3.64. The Hall–Kier alpha value is -2.73. The zero-order valence-electron chi connectivity index (χ0n) is 13.3. The van der Waals surface area contributed by atoms with Gasteiger partial charge in [-0.25, -0.2) is 10.4 Å². The summed E-state index contributed by atoms with van der Waals surface area (Å²) in [5, 5.41) is 8.00. The number of hydrazone groups is 1. The van der Waals surface area contributed by atoms with E-state index in [0.29, 0.717) is 0 Å². The molecule has 0 atom stereocenters. The van der Waals surface area contributed by atoms with Crippen molar-refractivity contribution >= 4 is 38.3 Å². The fourth-order valence-corrected chi connectivity index (χ4v) is 3.11. The molecule has 3 aromatic rings. The number of benzene rings is 2. The van der Waals surface area contributed by atoms with Gasteiger partial charge >= 0.3 is 0 Å². The van der Waals surface area contributed by atoms with Crippen molar-refractivity contribution in [2.75, 3.05) is 11.9 Å². The summed E-state index contributed by atoms with van der Waals surface area (Å²) in [6.07, 6.45) is 0.746. The predicted molar refractivity (Wildman–Crippen MR) is 99.5 cm³/mol. The van der Waals surface area contributed by atoms with Crippen LogP contribution in [0.4, 0.5) is 5.13 Å². The van der Waals surface area contributed by atoms with E-state index in [1.54, 1.807) is 0 Å². The summed E-state index contributed by atoms with van der Waals surface area (Å²) in [6.45, 7) is 2.15. The van der Waals surface area contributed by atoms with Crippen molar-refractivity contribution in [1.29, 1.82) is 0 Å². The lowest BCUT2D eigenvalue weighted by Gasteiger charge is -2.05. The molecule has 122 valence electrons. The van der Waals surface area contributed by atoms with Gasteiger partial charge in [0.1, 0.15) is 0 Å². The molecule has 0 saturated carbocycles. The SMILES string of the molecule is CC/C(=N/NC(=O)CNc1nc2ccccc2s1)c1ccccc1. The second-order valence-corrected chi connectivity index (χ2v) is 6.18. The molecule has 0 aliphatic carbocycles. The number of amides is 1. The van der Waals surface area contributed by atoms with E-state index in [9.17, 15) is 4.79 Å². The van der Waals surface area contributed by atoms with Crippen LogP contribution in [0.25, 0.3) is 10.2 Å². The van der Waals surface area contributed by atoms with Crippen LogP contribution in [-0.2, 0) is 4.79 Å². The molecule has 1 aromatic heterocycles. The summed E-state index contributed by atoms with van der Waals surface area (Å²) < 4.78 is 1.09. The highest BCUT2D eigenvalue weighted by Crippen LogP contribution is 2.24. The van der Waals surface area contributed by atoms with Gasteiger partial charge in [-0.05, 0) is 24.1 Å².